The SMILES string of the molecule is COC(=O)[C@H]1CC[C@H](Cc2cc(F)cc(CCO)c2)CC1. The topological polar surface area (TPSA) is 46.5 Å². The van der Waals surface area contributed by atoms with Crippen molar-refractivity contribution >= 4 is 5.97 Å². The van der Waals surface area contributed by atoms with Crippen LogP contribution in [0.1, 0.15) is 36.8 Å². The molecule has 1 aromatic carbocycles. The molecule has 0 heterocycles. The van der Waals surface area contributed by atoms with Crippen molar-refractivity contribution in [3.63, 3.8) is 0 Å². The molecule has 116 valence electrons. The van der Waals surface area contributed by atoms with Crippen LogP contribution in [0.3, 0.4) is 0 Å². The second-order valence-electron chi connectivity index (χ2n) is 5.89. The Morgan fingerprint density at radius 3 is 2.52 bits per heavy atom. The summed E-state index contributed by atoms with van der Waals surface area (Å²) in [6, 6.07) is 5.03. The number of ether oxygens (including phenoxy) is 1. The number of hydrogen-bond donors (Lipinski definition) is 1. The van der Waals surface area contributed by atoms with E-state index in [0.717, 1.165) is 43.2 Å². The molecule has 1 aliphatic rings. The van der Waals surface area contributed by atoms with Gasteiger partial charge in [-0.05, 0) is 67.7 Å². The van der Waals surface area contributed by atoms with Crippen molar-refractivity contribution < 1.29 is 19.0 Å². The maximum Gasteiger partial charge on any atom is 0.308 e. The minimum Gasteiger partial charge on any atom is -0.469 e. The van der Waals surface area contributed by atoms with Crippen LogP contribution in [0.15, 0.2) is 18.2 Å². The monoisotopic (exact) mass is 294 g/mol. The van der Waals surface area contributed by atoms with Crippen molar-refractivity contribution in [1.29, 1.82) is 0 Å². The molecule has 3 nitrogen and oxygen atoms in total. The number of hydrogen-bond acceptors (Lipinski definition) is 3. The Hall–Kier alpha value is -1.42. The lowest BCUT2D eigenvalue weighted by Gasteiger charge is -2.27. The van der Waals surface area contributed by atoms with Gasteiger partial charge in [-0.25, -0.2) is 4.39 Å². The van der Waals surface area contributed by atoms with E-state index in [0.29, 0.717) is 12.3 Å². The Kier molecular flexibility index (Phi) is 5.74. The van der Waals surface area contributed by atoms with Gasteiger partial charge in [0.25, 0.3) is 0 Å². The van der Waals surface area contributed by atoms with E-state index in [9.17, 15) is 9.18 Å². The number of aliphatic hydroxyl groups is 1. The third-order valence-electron chi connectivity index (χ3n) is 4.32. The third kappa shape index (κ3) is 4.53. The Morgan fingerprint density at radius 1 is 1.24 bits per heavy atom. The van der Waals surface area contributed by atoms with Crippen LogP contribution in [0.25, 0.3) is 0 Å². The van der Waals surface area contributed by atoms with E-state index >= 15 is 0 Å². The molecule has 0 saturated heterocycles. The van der Waals surface area contributed by atoms with Gasteiger partial charge >= 0.3 is 5.97 Å². The first kappa shape index (κ1) is 16.0. The van der Waals surface area contributed by atoms with E-state index in [1.807, 2.05) is 6.07 Å². The molecule has 0 amide bonds. The van der Waals surface area contributed by atoms with Crippen LogP contribution in [0.5, 0.6) is 0 Å². The van der Waals surface area contributed by atoms with Crippen molar-refractivity contribution in [2.75, 3.05) is 13.7 Å². The number of rotatable bonds is 5. The maximum atomic E-state index is 13.6. The molecular formula is C17H23FO3. The zero-order chi connectivity index (χ0) is 15.2. The molecule has 0 aliphatic heterocycles. The molecule has 4 heteroatoms. The Morgan fingerprint density at radius 2 is 1.90 bits per heavy atom. The highest BCUT2D eigenvalue weighted by molar-refractivity contribution is 5.72. The molecule has 1 N–H and O–H groups in total. The molecule has 1 saturated carbocycles. The molecule has 21 heavy (non-hydrogen) atoms. The zero-order valence-corrected chi connectivity index (χ0v) is 12.5. The van der Waals surface area contributed by atoms with Gasteiger partial charge in [0.1, 0.15) is 5.82 Å². The fraction of sp³-hybridized carbons (Fsp3) is 0.588. The van der Waals surface area contributed by atoms with Gasteiger partial charge in [0.05, 0.1) is 13.0 Å². The average Bonchev–Trinajstić information content (AvgIpc) is 2.47. The predicted octanol–water partition coefficient (Wildman–Crippen LogP) is 2.88. The lowest BCUT2D eigenvalue weighted by Crippen LogP contribution is -2.23. The largest absolute Gasteiger partial charge is 0.469 e. The number of aliphatic hydroxyl groups excluding tert-OH is 1. The molecule has 0 radical (unpaired) electrons. The van der Waals surface area contributed by atoms with Crippen molar-refractivity contribution in [2.24, 2.45) is 11.8 Å². The zero-order valence-electron chi connectivity index (χ0n) is 12.5. The fourth-order valence-electron chi connectivity index (χ4n) is 3.21. The normalized spacial score (nSPS) is 22.0. The molecule has 0 aromatic heterocycles. The maximum absolute atomic E-state index is 13.6. The summed E-state index contributed by atoms with van der Waals surface area (Å²) >= 11 is 0. The first-order chi connectivity index (χ1) is 10.1. The van der Waals surface area contributed by atoms with Gasteiger partial charge < -0.3 is 9.84 Å². The number of carbonyl (C=O) groups is 1. The van der Waals surface area contributed by atoms with Crippen LogP contribution in [0.4, 0.5) is 4.39 Å². The summed E-state index contributed by atoms with van der Waals surface area (Å²) in [5.74, 6) is 0.182. The highest BCUT2D eigenvalue weighted by Crippen LogP contribution is 2.32. The lowest BCUT2D eigenvalue weighted by molar-refractivity contribution is -0.146. The number of esters is 1. The second-order valence-corrected chi connectivity index (χ2v) is 5.89. The minimum absolute atomic E-state index is 0.0312. The molecule has 0 spiro atoms. The summed E-state index contributed by atoms with van der Waals surface area (Å²) < 4.78 is 18.4. The summed E-state index contributed by atoms with van der Waals surface area (Å²) in [6.07, 6.45) is 4.99. The Bertz CT molecular complexity index is 479. The van der Waals surface area contributed by atoms with E-state index in [1.54, 1.807) is 6.07 Å². The van der Waals surface area contributed by atoms with Crippen molar-refractivity contribution in [2.45, 2.75) is 38.5 Å². The molecule has 1 aromatic rings. The van der Waals surface area contributed by atoms with Gasteiger partial charge in [0.15, 0.2) is 0 Å². The van der Waals surface area contributed by atoms with Gasteiger partial charge in [-0.15, -0.1) is 0 Å². The van der Waals surface area contributed by atoms with Gasteiger partial charge in [0.2, 0.25) is 0 Å². The summed E-state index contributed by atoms with van der Waals surface area (Å²) in [4.78, 5) is 11.5. The van der Waals surface area contributed by atoms with E-state index in [4.69, 9.17) is 9.84 Å². The van der Waals surface area contributed by atoms with Crippen molar-refractivity contribution in [3.8, 4) is 0 Å². The van der Waals surface area contributed by atoms with Crippen LogP contribution in [-0.2, 0) is 22.4 Å². The van der Waals surface area contributed by atoms with E-state index < -0.39 is 0 Å². The van der Waals surface area contributed by atoms with Gasteiger partial charge in [-0.2, -0.15) is 0 Å². The van der Waals surface area contributed by atoms with E-state index in [-0.39, 0.29) is 24.3 Å². The molecular weight excluding hydrogens is 271 g/mol. The first-order valence-electron chi connectivity index (χ1n) is 7.59. The van der Waals surface area contributed by atoms with Crippen LogP contribution >= 0.6 is 0 Å². The summed E-state index contributed by atoms with van der Waals surface area (Å²) in [7, 11) is 1.43. The number of carbonyl (C=O) groups excluding carboxylic acids is 1. The Balaban J connectivity index is 1.92. The van der Waals surface area contributed by atoms with Gasteiger partial charge in [0, 0.05) is 6.61 Å². The fourth-order valence-corrected chi connectivity index (χ4v) is 3.21. The number of methoxy groups -OCH3 is 1. The quantitative estimate of drug-likeness (QED) is 0.849. The Labute approximate surface area is 125 Å². The summed E-state index contributed by atoms with van der Waals surface area (Å²) in [6.45, 7) is 0.0349. The lowest BCUT2D eigenvalue weighted by atomic mass is 9.79. The van der Waals surface area contributed by atoms with Crippen LogP contribution in [0.2, 0.25) is 0 Å². The highest BCUT2D eigenvalue weighted by atomic mass is 19.1. The van der Waals surface area contributed by atoms with Crippen molar-refractivity contribution in [1.82, 2.24) is 0 Å². The molecule has 1 aliphatic carbocycles. The molecule has 0 bridgehead atoms. The average molecular weight is 294 g/mol. The van der Waals surface area contributed by atoms with Crippen LogP contribution in [-0.4, -0.2) is 24.8 Å². The van der Waals surface area contributed by atoms with E-state index in [1.165, 1.54) is 13.2 Å². The highest BCUT2D eigenvalue weighted by Gasteiger charge is 2.26. The van der Waals surface area contributed by atoms with Crippen LogP contribution < -0.4 is 0 Å². The van der Waals surface area contributed by atoms with Crippen LogP contribution in [0, 0.1) is 17.7 Å². The number of benzene rings is 1. The summed E-state index contributed by atoms with van der Waals surface area (Å²) in [5, 5.41) is 8.96. The van der Waals surface area contributed by atoms with E-state index in [2.05, 4.69) is 0 Å². The second kappa shape index (κ2) is 7.55. The van der Waals surface area contributed by atoms with Gasteiger partial charge in [-0.3, -0.25) is 4.79 Å². The molecule has 1 fully saturated rings. The minimum atomic E-state index is -0.237. The third-order valence-corrected chi connectivity index (χ3v) is 4.32. The molecule has 0 unspecified atom stereocenters. The standard InChI is InChI=1S/C17H23FO3/c1-21-17(20)15-4-2-12(3-5-15)8-14-9-13(6-7-19)10-16(18)11-14/h9-12,15,19H,2-8H2,1H3/t12-,15-. The number of halogens is 1. The molecule has 0 atom stereocenters. The van der Waals surface area contributed by atoms with Gasteiger partial charge in [-0.1, -0.05) is 6.07 Å². The molecule has 2 rings (SSSR count). The summed E-state index contributed by atoms with van der Waals surface area (Å²) in [5.41, 5.74) is 1.83. The van der Waals surface area contributed by atoms with Crippen molar-refractivity contribution in [3.05, 3.63) is 35.1 Å². The predicted molar refractivity (Wildman–Crippen MR) is 78.4 cm³/mol. The smallest absolute Gasteiger partial charge is 0.308 e. The first-order valence-corrected chi connectivity index (χ1v) is 7.59.